The van der Waals surface area contributed by atoms with Crippen LogP contribution in [0.3, 0.4) is 0 Å². The normalized spacial score (nSPS) is 9.75. The minimum atomic E-state index is -1.19. The first kappa shape index (κ1) is 16.9. The van der Waals surface area contributed by atoms with Gasteiger partial charge in [0, 0.05) is 0 Å². The van der Waals surface area contributed by atoms with E-state index in [4.69, 9.17) is 21.3 Å². The van der Waals surface area contributed by atoms with Crippen LogP contribution in [0.15, 0.2) is 48.5 Å². The SMILES string of the molecule is NOC(=O)c1ccccc1OC(=O)Oc1ccccc1C(=O)ON. The summed E-state index contributed by atoms with van der Waals surface area (Å²) in [4.78, 5) is 43.1. The maximum Gasteiger partial charge on any atom is 0.519 e. The minimum Gasteiger partial charge on any atom is -0.394 e. The van der Waals surface area contributed by atoms with Crippen molar-refractivity contribution in [2.45, 2.75) is 0 Å². The summed E-state index contributed by atoms with van der Waals surface area (Å²) in [6.45, 7) is 0. The monoisotopic (exact) mass is 332 g/mol. The van der Waals surface area contributed by atoms with Crippen LogP contribution in [0.1, 0.15) is 20.7 Å². The number of para-hydroxylation sites is 2. The largest absolute Gasteiger partial charge is 0.519 e. The minimum absolute atomic E-state index is 0.0772. The molecule has 0 fully saturated rings. The Balaban J connectivity index is 2.19. The molecule has 0 bridgehead atoms. The van der Waals surface area contributed by atoms with Gasteiger partial charge in [0.15, 0.2) is 0 Å². The van der Waals surface area contributed by atoms with E-state index in [-0.39, 0.29) is 22.6 Å². The molecule has 0 saturated carbocycles. The van der Waals surface area contributed by atoms with Crippen molar-refractivity contribution in [3.63, 3.8) is 0 Å². The van der Waals surface area contributed by atoms with Gasteiger partial charge in [-0.2, -0.15) is 11.8 Å². The van der Waals surface area contributed by atoms with Gasteiger partial charge in [0.25, 0.3) is 0 Å². The first-order valence-electron chi connectivity index (χ1n) is 6.46. The molecular weight excluding hydrogens is 320 g/mol. The zero-order valence-corrected chi connectivity index (χ0v) is 12.1. The van der Waals surface area contributed by atoms with Crippen LogP contribution in [-0.4, -0.2) is 18.1 Å². The number of benzene rings is 2. The van der Waals surface area contributed by atoms with Crippen molar-refractivity contribution >= 4 is 18.1 Å². The Morgan fingerprint density at radius 1 is 0.667 bits per heavy atom. The van der Waals surface area contributed by atoms with E-state index in [1.807, 2.05) is 0 Å². The molecule has 0 saturated heterocycles. The lowest BCUT2D eigenvalue weighted by atomic mass is 10.2. The molecule has 24 heavy (non-hydrogen) atoms. The number of nitrogens with two attached hydrogens (primary N) is 2. The summed E-state index contributed by atoms with van der Waals surface area (Å²) in [6, 6.07) is 11.5. The Hall–Kier alpha value is -3.43. The van der Waals surface area contributed by atoms with Crippen LogP contribution in [0.25, 0.3) is 0 Å². The molecule has 0 aliphatic carbocycles. The third-order valence-corrected chi connectivity index (χ3v) is 2.81. The molecule has 0 spiro atoms. The third kappa shape index (κ3) is 3.85. The molecule has 0 unspecified atom stereocenters. The van der Waals surface area contributed by atoms with Gasteiger partial charge < -0.3 is 19.1 Å². The molecule has 0 aliphatic rings. The standard InChI is InChI=1S/C15H12N2O7/c16-23-13(18)9-5-1-3-7-11(9)21-15(20)22-12-8-4-2-6-10(12)14(19)24-17/h1-8H,16-17H2. The van der Waals surface area contributed by atoms with Gasteiger partial charge in [-0.1, -0.05) is 24.3 Å². The van der Waals surface area contributed by atoms with Gasteiger partial charge in [-0.3, -0.25) is 0 Å². The van der Waals surface area contributed by atoms with Crippen LogP contribution >= 0.6 is 0 Å². The molecule has 124 valence electrons. The smallest absolute Gasteiger partial charge is 0.394 e. The zero-order valence-electron chi connectivity index (χ0n) is 12.1. The first-order chi connectivity index (χ1) is 11.6. The summed E-state index contributed by atoms with van der Waals surface area (Å²) in [5, 5.41) is 0. The molecule has 0 heterocycles. The molecule has 2 aromatic rings. The molecule has 0 radical (unpaired) electrons. The third-order valence-electron chi connectivity index (χ3n) is 2.81. The lowest BCUT2D eigenvalue weighted by Gasteiger charge is -2.10. The topological polar surface area (TPSA) is 140 Å². The maximum atomic E-state index is 11.9. The Bertz CT molecular complexity index is 712. The van der Waals surface area contributed by atoms with E-state index in [0.717, 1.165) is 0 Å². The van der Waals surface area contributed by atoms with E-state index < -0.39 is 18.1 Å². The van der Waals surface area contributed by atoms with Crippen molar-refractivity contribution < 1.29 is 33.5 Å². The van der Waals surface area contributed by atoms with Crippen molar-refractivity contribution in [3.05, 3.63) is 59.7 Å². The van der Waals surface area contributed by atoms with E-state index in [2.05, 4.69) is 9.68 Å². The van der Waals surface area contributed by atoms with E-state index >= 15 is 0 Å². The van der Waals surface area contributed by atoms with Crippen LogP contribution < -0.4 is 21.3 Å². The predicted molar refractivity (Wildman–Crippen MR) is 78.7 cm³/mol. The van der Waals surface area contributed by atoms with E-state index in [9.17, 15) is 14.4 Å². The van der Waals surface area contributed by atoms with Crippen molar-refractivity contribution in [3.8, 4) is 11.5 Å². The number of rotatable bonds is 4. The number of carbonyl (C=O) groups excluding carboxylic acids is 3. The van der Waals surface area contributed by atoms with Crippen molar-refractivity contribution in [2.24, 2.45) is 11.8 Å². The van der Waals surface area contributed by atoms with Crippen LogP contribution in [0, 0.1) is 0 Å². The fraction of sp³-hybridized carbons (Fsp3) is 0. The molecule has 4 N–H and O–H groups in total. The van der Waals surface area contributed by atoms with Crippen LogP contribution in [-0.2, 0) is 9.68 Å². The quantitative estimate of drug-likeness (QED) is 0.482. The molecular formula is C15H12N2O7. The highest BCUT2D eigenvalue weighted by atomic mass is 16.7. The summed E-state index contributed by atoms with van der Waals surface area (Å²) < 4.78 is 9.88. The van der Waals surface area contributed by atoms with E-state index in [1.54, 1.807) is 0 Å². The molecule has 2 rings (SSSR count). The number of ether oxygens (including phenoxy) is 2. The maximum absolute atomic E-state index is 11.9. The highest BCUT2D eigenvalue weighted by Crippen LogP contribution is 2.22. The molecule has 0 aromatic heterocycles. The van der Waals surface area contributed by atoms with Gasteiger partial charge >= 0.3 is 18.1 Å². The molecule has 9 nitrogen and oxygen atoms in total. The van der Waals surface area contributed by atoms with E-state index in [1.165, 1.54) is 48.5 Å². The first-order valence-corrected chi connectivity index (χ1v) is 6.46. The Labute approximate surface area is 135 Å². The molecule has 0 atom stereocenters. The Morgan fingerprint density at radius 2 is 1.04 bits per heavy atom. The van der Waals surface area contributed by atoms with Gasteiger partial charge in [-0.05, 0) is 24.3 Å². The molecule has 0 amide bonds. The van der Waals surface area contributed by atoms with Gasteiger partial charge in [-0.15, -0.1) is 0 Å². The summed E-state index contributed by atoms with van der Waals surface area (Å²) in [5.74, 6) is 7.57. The highest BCUT2D eigenvalue weighted by Gasteiger charge is 2.20. The fourth-order valence-corrected chi connectivity index (χ4v) is 1.78. The number of hydrogen-bond acceptors (Lipinski definition) is 9. The van der Waals surface area contributed by atoms with Gasteiger partial charge in [0.2, 0.25) is 0 Å². The second kappa shape index (κ2) is 7.72. The van der Waals surface area contributed by atoms with Gasteiger partial charge in [-0.25, -0.2) is 14.4 Å². The van der Waals surface area contributed by atoms with Crippen molar-refractivity contribution in [1.82, 2.24) is 0 Å². The Kier molecular flexibility index (Phi) is 5.45. The summed E-state index contributed by atoms with van der Waals surface area (Å²) in [5.41, 5.74) is -0.154. The fourth-order valence-electron chi connectivity index (χ4n) is 1.78. The number of hydrogen-bond donors (Lipinski definition) is 2. The van der Waals surface area contributed by atoms with Crippen molar-refractivity contribution in [2.75, 3.05) is 0 Å². The second-order valence-corrected chi connectivity index (χ2v) is 4.26. The van der Waals surface area contributed by atoms with Gasteiger partial charge in [0.05, 0.1) is 0 Å². The summed E-state index contributed by atoms with van der Waals surface area (Å²) in [6.07, 6.45) is -1.19. The Morgan fingerprint density at radius 3 is 1.42 bits per heavy atom. The average Bonchev–Trinajstić information content (AvgIpc) is 2.61. The highest BCUT2D eigenvalue weighted by molar-refractivity contribution is 5.94. The molecule has 2 aromatic carbocycles. The summed E-state index contributed by atoms with van der Waals surface area (Å²) >= 11 is 0. The van der Waals surface area contributed by atoms with Crippen molar-refractivity contribution in [1.29, 1.82) is 0 Å². The van der Waals surface area contributed by atoms with Crippen LogP contribution in [0.2, 0.25) is 0 Å². The predicted octanol–water partition coefficient (Wildman–Crippen LogP) is 1.33. The summed E-state index contributed by atoms with van der Waals surface area (Å²) in [7, 11) is 0. The van der Waals surface area contributed by atoms with Gasteiger partial charge in [0.1, 0.15) is 22.6 Å². The second-order valence-electron chi connectivity index (χ2n) is 4.26. The number of carbonyl (C=O) groups is 3. The molecule has 9 heteroatoms. The van der Waals surface area contributed by atoms with Crippen LogP contribution in [0.5, 0.6) is 11.5 Å². The molecule has 0 aliphatic heterocycles. The lowest BCUT2D eigenvalue weighted by molar-refractivity contribution is 0.0493. The van der Waals surface area contributed by atoms with Crippen LogP contribution in [0.4, 0.5) is 4.79 Å². The average molecular weight is 332 g/mol. The lowest BCUT2D eigenvalue weighted by Crippen LogP contribution is -2.19. The zero-order chi connectivity index (χ0) is 17.5. The van der Waals surface area contributed by atoms with E-state index in [0.29, 0.717) is 0 Å².